The maximum Gasteiger partial charge on any atom is 0.307 e. The van der Waals surface area contributed by atoms with Gasteiger partial charge in [0.25, 0.3) is 5.56 Å². The Labute approximate surface area is 160 Å². The highest BCUT2D eigenvalue weighted by Gasteiger charge is 2.23. The normalized spacial score (nSPS) is 16.0. The zero-order valence-corrected chi connectivity index (χ0v) is 15.7. The van der Waals surface area contributed by atoms with Crippen molar-refractivity contribution < 1.29 is 18.3 Å². The molecular weight excluding hydrogens is 384 g/mol. The van der Waals surface area contributed by atoms with Gasteiger partial charge in [0.1, 0.15) is 5.52 Å². The third-order valence-corrected chi connectivity index (χ3v) is 6.53. The third kappa shape index (κ3) is 3.41. The van der Waals surface area contributed by atoms with Crippen LogP contribution >= 0.6 is 0 Å². The Hall–Kier alpha value is -2.69. The summed E-state index contributed by atoms with van der Waals surface area (Å²) in [6.45, 7) is 1.52. The van der Waals surface area contributed by atoms with Crippen LogP contribution in [0.4, 0.5) is 0 Å². The fraction of sp³-hybridized carbons (Fsp3) is 0.333. The number of hydrogen-bond acceptors (Lipinski definition) is 5. The summed E-state index contributed by atoms with van der Waals surface area (Å²) in [7, 11) is -3.75. The van der Waals surface area contributed by atoms with E-state index in [-0.39, 0.29) is 28.4 Å². The number of hydrogen-bond donors (Lipinski definition) is 5. The lowest BCUT2D eigenvalue weighted by Gasteiger charge is -2.23. The first-order chi connectivity index (χ1) is 13.3. The molecule has 10 heteroatoms. The van der Waals surface area contributed by atoms with Gasteiger partial charge in [-0.05, 0) is 49.7 Å². The summed E-state index contributed by atoms with van der Waals surface area (Å²) < 4.78 is 28.4. The fourth-order valence-electron chi connectivity index (χ4n) is 3.67. The van der Waals surface area contributed by atoms with Crippen molar-refractivity contribution in [3.63, 3.8) is 0 Å². The average Bonchev–Trinajstić information content (AvgIpc) is 3.06. The molecule has 1 aliphatic rings. The lowest BCUT2D eigenvalue weighted by molar-refractivity contribution is -0.136. The molecule has 4 rings (SSSR count). The first-order valence-corrected chi connectivity index (χ1v) is 10.4. The number of fused-ring (bicyclic) bond motifs is 3. The van der Waals surface area contributed by atoms with E-state index >= 15 is 0 Å². The van der Waals surface area contributed by atoms with Gasteiger partial charge in [0.2, 0.25) is 10.0 Å². The van der Waals surface area contributed by atoms with Crippen molar-refractivity contribution in [2.75, 3.05) is 13.1 Å². The maximum atomic E-state index is 12.8. The quantitative estimate of drug-likeness (QED) is 0.423. The minimum Gasteiger partial charge on any atom is -0.481 e. The number of piperidine rings is 1. The molecule has 1 fully saturated rings. The van der Waals surface area contributed by atoms with Crippen LogP contribution in [0.15, 0.2) is 34.1 Å². The van der Waals surface area contributed by atoms with Crippen LogP contribution in [0, 0.1) is 0 Å². The monoisotopic (exact) mass is 404 g/mol. The summed E-state index contributed by atoms with van der Waals surface area (Å²) in [6.07, 6.45) is 2.63. The smallest absolute Gasteiger partial charge is 0.307 e. The van der Waals surface area contributed by atoms with Gasteiger partial charge < -0.3 is 20.4 Å². The summed E-state index contributed by atoms with van der Waals surface area (Å²) in [6, 6.07) is 4.32. The van der Waals surface area contributed by atoms with Gasteiger partial charge in [0.05, 0.1) is 11.3 Å². The molecule has 1 saturated heterocycles. The molecule has 0 bridgehead atoms. The number of pyridine rings is 1. The summed E-state index contributed by atoms with van der Waals surface area (Å²) in [5.74, 6) is -1.04. The van der Waals surface area contributed by atoms with Crippen LogP contribution in [-0.2, 0) is 21.2 Å². The number of H-pyrrole nitrogens is 2. The van der Waals surface area contributed by atoms with Crippen molar-refractivity contribution >= 4 is 37.8 Å². The van der Waals surface area contributed by atoms with Crippen LogP contribution in [-0.4, -0.2) is 48.6 Å². The van der Waals surface area contributed by atoms with Crippen LogP contribution < -0.4 is 15.6 Å². The number of carbonyl (C=O) groups is 1. The van der Waals surface area contributed by atoms with E-state index in [2.05, 4.69) is 20.0 Å². The van der Waals surface area contributed by atoms with E-state index in [1.807, 2.05) is 0 Å². The summed E-state index contributed by atoms with van der Waals surface area (Å²) >= 11 is 0. The molecule has 1 aliphatic heterocycles. The number of benzene rings is 1. The van der Waals surface area contributed by atoms with Crippen molar-refractivity contribution in [2.45, 2.75) is 30.2 Å². The van der Waals surface area contributed by atoms with Crippen LogP contribution in [0.3, 0.4) is 0 Å². The van der Waals surface area contributed by atoms with Crippen LogP contribution in [0.1, 0.15) is 18.4 Å². The minimum absolute atomic E-state index is 0.0781. The summed E-state index contributed by atoms with van der Waals surface area (Å²) in [5, 5.41) is 13.2. The third-order valence-electron chi connectivity index (χ3n) is 5.01. The van der Waals surface area contributed by atoms with Crippen molar-refractivity contribution in [3.8, 4) is 0 Å². The highest BCUT2D eigenvalue weighted by atomic mass is 32.2. The summed E-state index contributed by atoms with van der Waals surface area (Å²) in [5.41, 5.74) is 0.719. The Morgan fingerprint density at radius 2 is 2.00 bits per heavy atom. The van der Waals surface area contributed by atoms with E-state index in [1.165, 1.54) is 24.4 Å². The minimum atomic E-state index is -3.75. The molecule has 3 aromatic rings. The van der Waals surface area contributed by atoms with Crippen LogP contribution in [0.25, 0.3) is 21.8 Å². The largest absolute Gasteiger partial charge is 0.481 e. The first-order valence-electron chi connectivity index (χ1n) is 8.96. The molecule has 28 heavy (non-hydrogen) atoms. The Bertz CT molecular complexity index is 1220. The van der Waals surface area contributed by atoms with Gasteiger partial charge >= 0.3 is 5.97 Å². The fourth-order valence-corrected chi connectivity index (χ4v) is 5.00. The number of aliphatic carboxylic acids is 1. The van der Waals surface area contributed by atoms with Crippen molar-refractivity contribution in [1.82, 2.24) is 20.0 Å². The van der Waals surface area contributed by atoms with Crippen LogP contribution in [0.5, 0.6) is 0 Å². The van der Waals surface area contributed by atoms with Crippen molar-refractivity contribution in [2.24, 2.45) is 0 Å². The topological polar surface area (TPSA) is 144 Å². The maximum absolute atomic E-state index is 12.8. The van der Waals surface area contributed by atoms with Gasteiger partial charge in [0, 0.05) is 28.5 Å². The zero-order valence-electron chi connectivity index (χ0n) is 14.9. The Morgan fingerprint density at radius 3 is 2.71 bits per heavy atom. The number of aromatic amines is 2. The van der Waals surface area contributed by atoms with Crippen LogP contribution in [0.2, 0.25) is 0 Å². The Morgan fingerprint density at radius 1 is 1.25 bits per heavy atom. The Balaban J connectivity index is 1.84. The highest BCUT2D eigenvalue weighted by Crippen LogP contribution is 2.27. The molecule has 0 atom stereocenters. The van der Waals surface area contributed by atoms with Gasteiger partial charge in [-0.1, -0.05) is 0 Å². The molecule has 0 unspecified atom stereocenters. The first kappa shape index (κ1) is 18.7. The van der Waals surface area contributed by atoms with Gasteiger partial charge in [-0.3, -0.25) is 9.59 Å². The average molecular weight is 404 g/mol. The zero-order chi connectivity index (χ0) is 19.9. The molecule has 0 amide bonds. The van der Waals surface area contributed by atoms with E-state index in [9.17, 15) is 18.0 Å². The predicted molar refractivity (Wildman–Crippen MR) is 104 cm³/mol. The number of aromatic nitrogens is 2. The van der Waals surface area contributed by atoms with Crippen molar-refractivity contribution in [1.29, 1.82) is 0 Å². The van der Waals surface area contributed by atoms with Gasteiger partial charge in [-0.25, -0.2) is 13.1 Å². The standard InChI is InChI=1S/C18H20N4O5S/c23-15(24)7-10-9-20-17-16(10)13-8-12(1-2-14(13)21-18(17)25)28(26,27)22-11-3-5-19-6-4-11/h1-2,8-9,11,19-20,22H,3-7H2,(H,21,25)(H,23,24). The molecular formula is C18H20N4O5S. The molecule has 0 saturated carbocycles. The SMILES string of the molecule is O=C(O)Cc1c[nH]c2c(=O)[nH]c3ccc(S(=O)(=O)NC4CCNCC4)cc3c12. The molecule has 9 nitrogen and oxygen atoms in total. The van der Waals surface area contributed by atoms with Gasteiger partial charge in [-0.2, -0.15) is 0 Å². The lowest BCUT2D eigenvalue weighted by Crippen LogP contribution is -2.42. The summed E-state index contributed by atoms with van der Waals surface area (Å²) in [4.78, 5) is 29.0. The molecule has 148 valence electrons. The van der Waals surface area contributed by atoms with Gasteiger partial charge in [0.15, 0.2) is 0 Å². The molecule has 0 aliphatic carbocycles. The molecule has 3 heterocycles. The highest BCUT2D eigenvalue weighted by molar-refractivity contribution is 7.89. The van der Waals surface area contributed by atoms with Crippen molar-refractivity contribution in [3.05, 3.63) is 40.3 Å². The number of sulfonamides is 1. The van der Waals surface area contributed by atoms with E-state index in [4.69, 9.17) is 5.11 Å². The molecule has 0 radical (unpaired) electrons. The molecule has 0 spiro atoms. The molecule has 5 N–H and O–H groups in total. The van der Waals surface area contributed by atoms with E-state index in [0.29, 0.717) is 34.7 Å². The number of rotatable bonds is 5. The van der Waals surface area contributed by atoms with E-state index in [0.717, 1.165) is 13.1 Å². The van der Waals surface area contributed by atoms with Gasteiger partial charge in [-0.15, -0.1) is 0 Å². The second-order valence-electron chi connectivity index (χ2n) is 6.94. The lowest BCUT2D eigenvalue weighted by atomic mass is 10.1. The second-order valence-corrected chi connectivity index (χ2v) is 8.66. The number of carboxylic acid groups (broad SMARTS) is 1. The Kier molecular flexibility index (Phi) is 4.69. The van der Waals surface area contributed by atoms with E-state index < -0.39 is 16.0 Å². The number of nitrogens with one attached hydrogen (secondary N) is 4. The van der Waals surface area contributed by atoms with E-state index in [1.54, 1.807) is 0 Å². The molecule has 2 aromatic heterocycles. The molecule has 1 aromatic carbocycles. The second kappa shape index (κ2) is 7.04. The predicted octanol–water partition coefficient (Wildman–Crippen LogP) is 0.667. The number of carboxylic acids is 1.